The summed E-state index contributed by atoms with van der Waals surface area (Å²) in [4.78, 5) is 21.9. The van der Waals surface area contributed by atoms with Crippen LogP contribution in [0.15, 0.2) is 0 Å². The van der Waals surface area contributed by atoms with Crippen molar-refractivity contribution in [3.8, 4) is 0 Å². The summed E-state index contributed by atoms with van der Waals surface area (Å²) >= 11 is 0. The molecule has 0 radical (unpaired) electrons. The van der Waals surface area contributed by atoms with Crippen LogP contribution in [0.2, 0.25) is 0 Å². The minimum atomic E-state index is -3.40. The van der Waals surface area contributed by atoms with Crippen molar-refractivity contribution in [2.45, 2.75) is 32.4 Å². The molecule has 0 unspecified atom stereocenters. The highest BCUT2D eigenvalue weighted by Crippen LogP contribution is 2.32. The molecule has 0 saturated carbocycles. The summed E-state index contributed by atoms with van der Waals surface area (Å²) in [5.41, 5.74) is 1.85. The van der Waals surface area contributed by atoms with E-state index in [9.17, 15) is 13.2 Å². The third kappa shape index (κ3) is 3.91. The fraction of sp³-hybridized carbons (Fsp3) is 0.714. The first-order valence-electron chi connectivity index (χ1n) is 7.40. The molecule has 0 spiro atoms. The zero-order valence-electron chi connectivity index (χ0n) is 14.2. The van der Waals surface area contributed by atoms with Crippen molar-refractivity contribution >= 4 is 15.9 Å². The molecule has 2 atom stereocenters. The zero-order valence-corrected chi connectivity index (χ0v) is 15.0. The maximum atomic E-state index is 12.6. The maximum Gasteiger partial charge on any atom is 0.238 e. The molecule has 0 aliphatic carbocycles. The largest absolute Gasteiger partial charge is 0.380 e. The standard InChI is InChI=1S/C14H24N4O4S/c1-9-10(2)16-14(15-9)12-6-11(22-4)7-18(12)13(19)8-17(3)23(5,20)21/h11-12H,6-8H2,1-5H3,(H,15,16)/t11-,12+/m1/s1. The first-order valence-corrected chi connectivity index (χ1v) is 9.25. The Bertz CT molecular complexity index is 665. The number of aromatic amines is 1. The van der Waals surface area contributed by atoms with Gasteiger partial charge in [0.05, 0.1) is 30.6 Å². The smallest absolute Gasteiger partial charge is 0.238 e. The normalized spacial score (nSPS) is 22.1. The summed E-state index contributed by atoms with van der Waals surface area (Å²) in [5.74, 6) is 0.462. The fourth-order valence-corrected chi connectivity index (χ4v) is 2.98. The number of hydrogen-bond donors (Lipinski definition) is 1. The number of methoxy groups -OCH3 is 1. The van der Waals surface area contributed by atoms with Crippen molar-refractivity contribution in [1.29, 1.82) is 0 Å². The topological polar surface area (TPSA) is 95.6 Å². The van der Waals surface area contributed by atoms with E-state index in [0.29, 0.717) is 13.0 Å². The third-order valence-electron chi connectivity index (χ3n) is 4.30. The maximum absolute atomic E-state index is 12.6. The van der Waals surface area contributed by atoms with Crippen molar-refractivity contribution < 1.29 is 17.9 Å². The molecule has 9 heteroatoms. The number of sulfonamides is 1. The minimum Gasteiger partial charge on any atom is -0.380 e. The van der Waals surface area contributed by atoms with E-state index in [1.165, 1.54) is 7.05 Å². The Balaban J connectivity index is 2.21. The van der Waals surface area contributed by atoms with Crippen LogP contribution < -0.4 is 0 Å². The molecule has 1 aromatic heterocycles. The number of aromatic nitrogens is 2. The van der Waals surface area contributed by atoms with Crippen LogP contribution in [0.4, 0.5) is 0 Å². The number of imidazole rings is 1. The van der Waals surface area contributed by atoms with Crippen molar-refractivity contribution in [2.24, 2.45) is 0 Å². The molecule has 1 aromatic rings. The molecule has 2 heterocycles. The van der Waals surface area contributed by atoms with Gasteiger partial charge in [-0.3, -0.25) is 4.79 Å². The van der Waals surface area contributed by atoms with Gasteiger partial charge in [0.25, 0.3) is 0 Å². The van der Waals surface area contributed by atoms with Gasteiger partial charge in [-0.05, 0) is 13.8 Å². The van der Waals surface area contributed by atoms with Gasteiger partial charge < -0.3 is 14.6 Å². The molecule has 2 rings (SSSR count). The van der Waals surface area contributed by atoms with Crippen LogP contribution in [-0.2, 0) is 19.6 Å². The number of nitrogens with one attached hydrogen (secondary N) is 1. The quantitative estimate of drug-likeness (QED) is 0.823. The number of carbonyl (C=O) groups is 1. The van der Waals surface area contributed by atoms with Crippen molar-refractivity contribution in [3.05, 3.63) is 17.2 Å². The van der Waals surface area contributed by atoms with Crippen molar-refractivity contribution in [2.75, 3.05) is 33.5 Å². The van der Waals surface area contributed by atoms with Gasteiger partial charge in [0, 0.05) is 32.8 Å². The lowest BCUT2D eigenvalue weighted by Crippen LogP contribution is -2.41. The summed E-state index contributed by atoms with van der Waals surface area (Å²) in [6, 6.07) is -0.229. The summed E-state index contributed by atoms with van der Waals surface area (Å²) < 4.78 is 29.5. The summed E-state index contributed by atoms with van der Waals surface area (Å²) in [7, 11) is -0.396. The monoisotopic (exact) mass is 344 g/mol. The third-order valence-corrected chi connectivity index (χ3v) is 5.56. The van der Waals surface area contributed by atoms with Crippen molar-refractivity contribution in [1.82, 2.24) is 19.2 Å². The number of rotatable bonds is 5. The number of amides is 1. The van der Waals surface area contributed by atoms with E-state index in [0.717, 1.165) is 27.8 Å². The van der Waals surface area contributed by atoms with Gasteiger partial charge in [-0.1, -0.05) is 0 Å². The highest BCUT2D eigenvalue weighted by atomic mass is 32.2. The van der Waals surface area contributed by atoms with E-state index in [2.05, 4.69) is 9.97 Å². The van der Waals surface area contributed by atoms with Crippen LogP contribution >= 0.6 is 0 Å². The number of H-pyrrole nitrogens is 1. The Hall–Kier alpha value is -1.45. The predicted octanol–water partition coefficient (Wildman–Crippen LogP) is 0.206. The Morgan fingerprint density at radius 2 is 2.13 bits per heavy atom. The van der Waals surface area contributed by atoms with Crippen LogP contribution in [-0.4, -0.2) is 73.1 Å². The molecule has 1 aliphatic rings. The molecule has 23 heavy (non-hydrogen) atoms. The Labute approximate surface area is 136 Å². The predicted molar refractivity (Wildman–Crippen MR) is 85.4 cm³/mol. The van der Waals surface area contributed by atoms with Gasteiger partial charge in [-0.2, -0.15) is 4.31 Å². The van der Waals surface area contributed by atoms with E-state index in [1.54, 1.807) is 12.0 Å². The van der Waals surface area contributed by atoms with Crippen molar-refractivity contribution in [3.63, 3.8) is 0 Å². The number of carbonyl (C=O) groups excluding carboxylic acids is 1. The molecule has 0 bridgehead atoms. The van der Waals surface area contributed by atoms with Crippen LogP contribution in [0.3, 0.4) is 0 Å². The van der Waals surface area contributed by atoms with Gasteiger partial charge >= 0.3 is 0 Å². The second kappa shape index (κ2) is 6.58. The lowest BCUT2D eigenvalue weighted by molar-refractivity contribution is -0.132. The van der Waals surface area contributed by atoms with Gasteiger partial charge in [-0.15, -0.1) is 0 Å². The summed E-state index contributed by atoms with van der Waals surface area (Å²) in [5, 5.41) is 0. The molecular weight excluding hydrogens is 320 g/mol. The van der Waals surface area contributed by atoms with Gasteiger partial charge in [0.1, 0.15) is 5.82 Å². The highest BCUT2D eigenvalue weighted by molar-refractivity contribution is 7.88. The number of likely N-dealkylation sites (tertiary alicyclic amines) is 1. The van der Waals surface area contributed by atoms with E-state index in [4.69, 9.17) is 4.74 Å². The average molecular weight is 344 g/mol. The van der Waals surface area contributed by atoms with Crippen LogP contribution in [0.5, 0.6) is 0 Å². The number of hydrogen-bond acceptors (Lipinski definition) is 5. The molecule has 1 fully saturated rings. The lowest BCUT2D eigenvalue weighted by Gasteiger charge is -2.25. The average Bonchev–Trinajstić information content (AvgIpc) is 3.02. The number of ether oxygens (including phenoxy) is 1. The Kier molecular flexibility index (Phi) is 5.12. The molecule has 130 valence electrons. The molecule has 1 saturated heterocycles. The fourth-order valence-electron chi connectivity index (χ4n) is 2.63. The number of aryl methyl sites for hydroxylation is 2. The molecule has 1 N–H and O–H groups in total. The highest BCUT2D eigenvalue weighted by Gasteiger charge is 2.38. The summed E-state index contributed by atoms with van der Waals surface area (Å²) in [6.45, 7) is 4.07. The van der Waals surface area contributed by atoms with Crippen LogP contribution in [0.1, 0.15) is 29.7 Å². The minimum absolute atomic E-state index is 0.0850. The SMILES string of the molecule is CO[C@@H]1C[C@@H](c2nc(C)c(C)[nH]2)N(C(=O)CN(C)S(C)(=O)=O)C1. The number of likely N-dealkylation sites (N-methyl/N-ethyl adjacent to an activating group) is 1. The van der Waals surface area contributed by atoms with E-state index in [-0.39, 0.29) is 24.6 Å². The summed E-state index contributed by atoms with van der Waals surface area (Å²) in [6.07, 6.45) is 1.63. The Morgan fingerprint density at radius 3 is 2.61 bits per heavy atom. The lowest BCUT2D eigenvalue weighted by atomic mass is 10.2. The first-order chi connectivity index (χ1) is 10.6. The molecule has 1 aliphatic heterocycles. The van der Waals surface area contributed by atoms with E-state index in [1.807, 2.05) is 13.8 Å². The molecule has 8 nitrogen and oxygen atoms in total. The second-order valence-electron chi connectivity index (χ2n) is 6.01. The molecule has 1 amide bonds. The second-order valence-corrected chi connectivity index (χ2v) is 8.10. The molecular formula is C14H24N4O4S. The van der Waals surface area contributed by atoms with E-state index < -0.39 is 10.0 Å². The van der Waals surface area contributed by atoms with Gasteiger partial charge in [0.15, 0.2) is 0 Å². The Morgan fingerprint density at radius 1 is 1.48 bits per heavy atom. The van der Waals surface area contributed by atoms with E-state index >= 15 is 0 Å². The van der Waals surface area contributed by atoms with Gasteiger partial charge in [0.2, 0.25) is 15.9 Å². The van der Waals surface area contributed by atoms with Gasteiger partial charge in [-0.25, -0.2) is 13.4 Å². The van der Waals surface area contributed by atoms with Crippen LogP contribution in [0.25, 0.3) is 0 Å². The number of nitrogens with zero attached hydrogens (tertiary/aromatic N) is 3. The first kappa shape index (κ1) is 17.9. The molecule has 0 aromatic carbocycles. The van der Waals surface area contributed by atoms with Crippen LogP contribution in [0, 0.1) is 13.8 Å². The zero-order chi connectivity index (χ0) is 17.4.